The van der Waals surface area contributed by atoms with Crippen molar-refractivity contribution < 1.29 is 4.42 Å². The number of nitrogens with zero attached hydrogens (tertiary/aromatic N) is 1. The second kappa shape index (κ2) is 4.77. The molecule has 68 valence electrons. The largest absolute Gasteiger partial charge is 0.432 e. The summed E-state index contributed by atoms with van der Waals surface area (Å²) in [5.41, 5.74) is 0.927. The number of aromatic nitrogens is 1. The molecule has 0 saturated heterocycles. The van der Waals surface area contributed by atoms with Crippen molar-refractivity contribution in [3.8, 4) is 0 Å². The number of nitrogens with one attached hydrogen (secondary N) is 2. The Balaban J connectivity index is 2.41. The van der Waals surface area contributed by atoms with Crippen LogP contribution in [0, 0.1) is 0 Å². The lowest BCUT2D eigenvalue weighted by Crippen LogP contribution is -2.05. The van der Waals surface area contributed by atoms with Gasteiger partial charge >= 0.3 is 0 Å². The minimum Gasteiger partial charge on any atom is -0.432 e. The van der Waals surface area contributed by atoms with E-state index >= 15 is 0 Å². The summed E-state index contributed by atoms with van der Waals surface area (Å²) in [5.74, 6) is 0. The maximum atomic E-state index is 5.16. The van der Waals surface area contributed by atoms with E-state index in [4.69, 9.17) is 4.42 Å². The highest BCUT2D eigenvalue weighted by molar-refractivity contribution is 5.20. The van der Waals surface area contributed by atoms with Gasteiger partial charge in [0.05, 0.1) is 5.69 Å². The fourth-order valence-electron chi connectivity index (χ4n) is 0.882. The van der Waals surface area contributed by atoms with Crippen molar-refractivity contribution in [3.05, 3.63) is 12.0 Å². The van der Waals surface area contributed by atoms with Gasteiger partial charge in [0.15, 0.2) is 0 Å². The van der Waals surface area contributed by atoms with Crippen molar-refractivity contribution in [2.45, 2.75) is 19.9 Å². The number of oxazole rings is 1. The number of hydrogen-bond acceptors (Lipinski definition) is 4. The molecule has 1 heterocycles. The quantitative estimate of drug-likeness (QED) is 0.695. The topological polar surface area (TPSA) is 50.1 Å². The van der Waals surface area contributed by atoms with Crippen molar-refractivity contribution in [3.63, 3.8) is 0 Å². The molecule has 0 aliphatic carbocycles. The zero-order valence-corrected chi connectivity index (χ0v) is 7.55. The van der Waals surface area contributed by atoms with Crippen molar-refractivity contribution in [2.75, 3.05) is 18.9 Å². The average Bonchev–Trinajstić information content (AvgIpc) is 2.50. The molecule has 0 aliphatic heterocycles. The molecule has 0 aromatic carbocycles. The summed E-state index contributed by atoms with van der Waals surface area (Å²) in [7, 11) is 1.88. The fraction of sp³-hybridized carbons (Fsp3) is 0.625. The second-order valence-corrected chi connectivity index (χ2v) is 2.60. The highest BCUT2D eigenvalue weighted by Gasteiger charge is 2.00. The number of anilines is 1. The van der Waals surface area contributed by atoms with E-state index in [0.717, 1.165) is 25.2 Å². The maximum Gasteiger partial charge on any atom is 0.294 e. The number of rotatable bonds is 5. The van der Waals surface area contributed by atoms with Crippen molar-refractivity contribution in [2.24, 2.45) is 0 Å². The SMILES string of the molecule is CCCNc1nc(CNC)co1. The smallest absolute Gasteiger partial charge is 0.294 e. The van der Waals surface area contributed by atoms with Gasteiger partial charge in [0.1, 0.15) is 6.26 Å². The molecule has 1 rings (SSSR count). The third kappa shape index (κ3) is 2.54. The summed E-state index contributed by atoms with van der Waals surface area (Å²) < 4.78 is 5.16. The summed E-state index contributed by atoms with van der Waals surface area (Å²) in [4.78, 5) is 4.20. The Hall–Kier alpha value is -1.03. The minimum atomic E-state index is 0.613. The fourth-order valence-corrected chi connectivity index (χ4v) is 0.882. The van der Waals surface area contributed by atoms with Gasteiger partial charge < -0.3 is 15.1 Å². The van der Waals surface area contributed by atoms with Crippen LogP contribution in [0.15, 0.2) is 10.7 Å². The normalized spacial score (nSPS) is 10.2. The second-order valence-electron chi connectivity index (χ2n) is 2.60. The molecule has 4 heteroatoms. The lowest BCUT2D eigenvalue weighted by atomic mass is 10.5. The highest BCUT2D eigenvalue weighted by atomic mass is 16.4. The van der Waals surface area contributed by atoms with Gasteiger partial charge in [-0.2, -0.15) is 4.98 Å². The van der Waals surface area contributed by atoms with E-state index in [1.807, 2.05) is 7.05 Å². The molecule has 0 unspecified atom stereocenters. The summed E-state index contributed by atoms with van der Waals surface area (Å²) >= 11 is 0. The van der Waals surface area contributed by atoms with Crippen molar-refractivity contribution in [1.82, 2.24) is 10.3 Å². The molecule has 0 bridgehead atoms. The molecule has 0 aliphatic rings. The van der Waals surface area contributed by atoms with E-state index in [1.165, 1.54) is 0 Å². The van der Waals surface area contributed by atoms with Crippen LogP contribution in [0.3, 0.4) is 0 Å². The van der Waals surface area contributed by atoms with E-state index in [-0.39, 0.29) is 0 Å². The lowest BCUT2D eigenvalue weighted by molar-refractivity contribution is 0.568. The molecule has 0 spiro atoms. The van der Waals surface area contributed by atoms with Crippen LogP contribution < -0.4 is 10.6 Å². The van der Waals surface area contributed by atoms with Crippen LogP contribution in [0.25, 0.3) is 0 Å². The lowest BCUT2D eigenvalue weighted by Gasteiger charge is -1.95. The molecule has 12 heavy (non-hydrogen) atoms. The van der Waals surface area contributed by atoms with Gasteiger partial charge in [-0.25, -0.2) is 0 Å². The maximum absolute atomic E-state index is 5.16. The Morgan fingerprint density at radius 1 is 1.58 bits per heavy atom. The van der Waals surface area contributed by atoms with Gasteiger partial charge in [-0.15, -0.1) is 0 Å². The van der Waals surface area contributed by atoms with E-state index < -0.39 is 0 Å². The molecule has 4 nitrogen and oxygen atoms in total. The molecule has 0 amide bonds. The Morgan fingerprint density at radius 3 is 3.08 bits per heavy atom. The predicted octanol–water partition coefficient (Wildman–Crippen LogP) is 1.22. The van der Waals surface area contributed by atoms with Crippen LogP contribution in [0.4, 0.5) is 6.01 Å². The summed E-state index contributed by atoms with van der Waals surface area (Å²) in [6.45, 7) is 3.75. The summed E-state index contributed by atoms with van der Waals surface area (Å²) in [6.07, 6.45) is 2.73. The van der Waals surface area contributed by atoms with Gasteiger partial charge in [0.2, 0.25) is 0 Å². The highest BCUT2D eigenvalue weighted by Crippen LogP contribution is 2.06. The Bertz CT molecular complexity index is 222. The van der Waals surface area contributed by atoms with E-state index in [2.05, 4.69) is 22.5 Å². The molecule has 0 saturated carbocycles. The molecule has 0 atom stereocenters. The van der Waals surface area contributed by atoms with Gasteiger partial charge in [-0.05, 0) is 13.5 Å². The summed E-state index contributed by atoms with van der Waals surface area (Å²) in [6, 6.07) is 0.613. The third-order valence-electron chi connectivity index (χ3n) is 1.44. The van der Waals surface area contributed by atoms with Crippen LogP contribution in [-0.4, -0.2) is 18.6 Å². The van der Waals surface area contributed by atoms with Crippen molar-refractivity contribution >= 4 is 6.01 Å². The average molecular weight is 169 g/mol. The van der Waals surface area contributed by atoms with E-state index in [0.29, 0.717) is 6.01 Å². The van der Waals surface area contributed by atoms with Gasteiger partial charge in [-0.1, -0.05) is 6.92 Å². The predicted molar refractivity (Wildman–Crippen MR) is 48.0 cm³/mol. The number of hydrogen-bond donors (Lipinski definition) is 2. The van der Waals surface area contributed by atoms with Crippen LogP contribution in [-0.2, 0) is 6.54 Å². The van der Waals surface area contributed by atoms with Crippen molar-refractivity contribution in [1.29, 1.82) is 0 Å². The molecular formula is C8H15N3O. The standard InChI is InChI=1S/C8H15N3O/c1-3-4-10-8-11-7(5-9-2)6-12-8/h6,9H,3-5H2,1-2H3,(H,10,11). The Labute approximate surface area is 72.4 Å². The first-order valence-corrected chi connectivity index (χ1v) is 4.19. The Morgan fingerprint density at radius 2 is 2.42 bits per heavy atom. The minimum absolute atomic E-state index is 0.613. The van der Waals surface area contributed by atoms with E-state index in [1.54, 1.807) is 6.26 Å². The molecule has 0 radical (unpaired) electrons. The van der Waals surface area contributed by atoms with Gasteiger partial charge in [0, 0.05) is 13.1 Å². The zero-order chi connectivity index (χ0) is 8.81. The van der Waals surface area contributed by atoms with Crippen LogP contribution >= 0.6 is 0 Å². The van der Waals surface area contributed by atoms with Gasteiger partial charge in [-0.3, -0.25) is 0 Å². The van der Waals surface area contributed by atoms with Crippen LogP contribution in [0.2, 0.25) is 0 Å². The Kier molecular flexibility index (Phi) is 3.60. The zero-order valence-electron chi connectivity index (χ0n) is 7.55. The monoisotopic (exact) mass is 169 g/mol. The first-order chi connectivity index (χ1) is 5.86. The molecule has 2 N–H and O–H groups in total. The molecule has 0 fully saturated rings. The first kappa shape index (κ1) is 9.06. The third-order valence-corrected chi connectivity index (χ3v) is 1.44. The molecular weight excluding hydrogens is 154 g/mol. The first-order valence-electron chi connectivity index (χ1n) is 4.19. The molecule has 1 aromatic rings. The van der Waals surface area contributed by atoms with E-state index in [9.17, 15) is 0 Å². The van der Waals surface area contributed by atoms with Gasteiger partial charge in [0.25, 0.3) is 6.01 Å². The summed E-state index contributed by atoms with van der Waals surface area (Å²) in [5, 5.41) is 6.07. The van der Waals surface area contributed by atoms with Crippen LogP contribution in [0.5, 0.6) is 0 Å². The molecule has 1 aromatic heterocycles. The van der Waals surface area contributed by atoms with Crippen LogP contribution in [0.1, 0.15) is 19.0 Å².